The molecule has 116 valence electrons. The SMILES string of the molecule is c1c2c(cc3c1CC1(C3)Cc3cc4c(cc3C1)CCC4)CCC2. The van der Waals surface area contributed by atoms with E-state index in [4.69, 9.17) is 0 Å². The predicted octanol–water partition coefficient (Wildman–Crippen LogP) is 4.55. The maximum Gasteiger partial charge on any atom is -0.0136 e. The molecule has 0 aliphatic heterocycles. The molecule has 0 N–H and O–H groups in total. The second kappa shape index (κ2) is 4.29. The third kappa shape index (κ3) is 1.78. The third-order valence-electron chi connectivity index (χ3n) is 7.09. The monoisotopic (exact) mass is 300 g/mol. The Bertz CT molecular complexity index is 699. The summed E-state index contributed by atoms with van der Waals surface area (Å²) in [5.41, 5.74) is 13.9. The van der Waals surface area contributed by atoms with E-state index in [-0.39, 0.29) is 0 Å². The first-order valence-corrected chi connectivity index (χ1v) is 9.55. The molecule has 4 aliphatic carbocycles. The average Bonchev–Trinajstić information content (AvgIpc) is 3.26. The summed E-state index contributed by atoms with van der Waals surface area (Å²) in [5, 5.41) is 0. The molecule has 2 aromatic rings. The highest BCUT2D eigenvalue weighted by Crippen LogP contribution is 2.49. The van der Waals surface area contributed by atoms with E-state index in [1.165, 1.54) is 64.2 Å². The maximum absolute atomic E-state index is 2.58. The van der Waals surface area contributed by atoms with Crippen molar-refractivity contribution in [3.8, 4) is 0 Å². The minimum Gasteiger partial charge on any atom is -0.0553 e. The van der Waals surface area contributed by atoms with Crippen LogP contribution in [0.1, 0.15) is 57.3 Å². The zero-order valence-corrected chi connectivity index (χ0v) is 13.9. The van der Waals surface area contributed by atoms with Crippen LogP contribution in [-0.4, -0.2) is 0 Å². The molecule has 4 aliphatic rings. The third-order valence-corrected chi connectivity index (χ3v) is 7.09. The first kappa shape index (κ1) is 12.8. The van der Waals surface area contributed by atoms with Crippen LogP contribution in [0.2, 0.25) is 0 Å². The molecule has 23 heavy (non-hydrogen) atoms. The quantitative estimate of drug-likeness (QED) is 0.669. The molecular formula is C23H24. The van der Waals surface area contributed by atoms with Crippen LogP contribution in [0.5, 0.6) is 0 Å². The highest BCUT2D eigenvalue weighted by atomic mass is 14.5. The first-order chi connectivity index (χ1) is 11.3. The van der Waals surface area contributed by atoms with Gasteiger partial charge in [-0.15, -0.1) is 0 Å². The molecule has 0 fully saturated rings. The van der Waals surface area contributed by atoms with Gasteiger partial charge in [-0.3, -0.25) is 0 Å². The van der Waals surface area contributed by atoms with Crippen LogP contribution in [0.4, 0.5) is 0 Å². The van der Waals surface area contributed by atoms with E-state index in [9.17, 15) is 0 Å². The van der Waals surface area contributed by atoms with Crippen molar-refractivity contribution >= 4 is 0 Å². The molecule has 0 radical (unpaired) electrons. The van der Waals surface area contributed by atoms with Gasteiger partial charge in [-0.05, 0) is 114 Å². The van der Waals surface area contributed by atoms with Crippen molar-refractivity contribution in [2.75, 3.05) is 0 Å². The van der Waals surface area contributed by atoms with Crippen LogP contribution < -0.4 is 0 Å². The highest BCUT2D eigenvalue weighted by Gasteiger charge is 2.42. The average molecular weight is 300 g/mol. The minimum atomic E-state index is 0.523. The number of aryl methyl sites for hydroxylation is 4. The van der Waals surface area contributed by atoms with E-state index in [0.29, 0.717) is 5.41 Å². The molecule has 0 aromatic heterocycles. The number of fused-ring (bicyclic) bond motifs is 4. The van der Waals surface area contributed by atoms with Crippen LogP contribution in [0.3, 0.4) is 0 Å². The molecule has 0 atom stereocenters. The molecule has 0 heteroatoms. The number of hydrogen-bond acceptors (Lipinski definition) is 0. The Balaban J connectivity index is 1.37. The van der Waals surface area contributed by atoms with Crippen molar-refractivity contribution in [2.45, 2.75) is 64.2 Å². The summed E-state index contributed by atoms with van der Waals surface area (Å²) >= 11 is 0. The van der Waals surface area contributed by atoms with Gasteiger partial charge in [0.2, 0.25) is 0 Å². The van der Waals surface area contributed by atoms with Gasteiger partial charge in [0.1, 0.15) is 0 Å². The lowest BCUT2D eigenvalue weighted by atomic mass is 9.82. The van der Waals surface area contributed by atoms with Crippen LogP contribution in [0, 0.1) is 5.41 Å². The molecule has 0 heterocycles. The van der Waals surface area contributed by atoms with Gasteiger partial charge in [-0.2, -0.15) is 0 Å². The zero-order valence-electron chi connectivity index (χ0n) is 13.9. The van der Waals surface area contributed by atoms with E-state index >= 15 is 0 Å². The predicted molar refractivity (Wildman–Crippen MR) is 94.2 cm³/mol. The van der Waals surface area contributed by atoms with Crippen LogP contribution in [0.25, 0.3) is 0 Å². The van der Waals surface area contributed by atoms with Crippen molar-refractivity contribution in [1.29, 1.82) is 0 Å². The smallest absolute Gasteiger partial charge is 0.0136 e. The Labute approximate surface area is 138 Å². The van der Waals surface area contributed by atoms with E-state index in [1.807, 2.05) is 0 Å². The molecule has 0 amide bonds. The van der Waals surface area contributed by atoms with Crippen LogP contribution in [0.15, 0.2) is 24.3 Å². The normalized spacial score (nSPS) is 22.3. The molecular weight excluding hydrogens is 276 g/mol. The van der Waals surface area contributed by atoms with Gasteiger partial charge in [-0.25, -0.2) is 0 Å². The van der Waals surface area contributed by atoms with Crippen LogP contribution in [-0.2, 0) is 51.4 Å². The van der Waals surface area contributed by atoms with Gasteiger partial charge >= 0.3 is 0 Å². The fraction of sp³-hybridized carbons (Fsp3) is 0.478. The summed E-state index contributed by atoms with van der Waals surface area (Å²) in [6.07, 6.45) is 13.4. The van der Waals surface area contributed by atoms with Crippen molar-refractivity contribution in [2.24, 2.45) is 5.41 Å². The van der Waals surface area contributed by atoms with Crippen molar-refractivity contribution < 1.29 is 0 Å². The summed E-state index contributed by atoms with van der Waals surface area (Å²) in [4.78, 5) is 0. The van der Waals surface area contributed by atoms with E-state index in [0.717, 1.165) is 0 Å². The summed E-state index contributed by atoms with van der Waals surface area (Å²) in [7, 11) is 0. The van der Waals surface area contributed by atoms with Crippen molar-refractivity contribution in [3.63, 3.8) is 0 Å². The van der Waals surface area contributed by atoms with E-state index < -0.39 is 0 Å². The van der Waals surface area contributed by atoms with E-state index in [2.05, 4.69) is 24.3 Å². The van der Waals surface area contributed by atoms with Gasteiger partial charge in [-0.1, -0.05) is 24.3 Å². The highest BCUT2D eigenvalue weighted by molar-refractivity contribution is 5.49. The molecule has 0 saturated carbocycles. The zero-order chi connectivity index (χ0) is 15.0. The molecule has 2 aromatic carbocycles. The molecule has 0 unspecified atom stereocenters. The maximum atomic E-state index is 2.58. The Hall–Kier alpha value is -1.56. The second-order valence-electron chi connectivity index (χ2n) is 8.69. The summed E-state index contributed by atoms with van der Waals surface area (Å²) in [6.45, 7) is 0. The lowest BCUT2D eigenvalue weighted by Crippen LogP contribution is -2.21. The summed E-state index contributed by atoms with van der Waals surface area (Å²) in [5.74, 6) is 0. The largest absolute Gasteiger partial charge is 0.0553 e. The standard InChI is InChI=1S/C23H24/c1-3-15-7-19-11-23(12-20(19)8-16(15)4-1)13-21-9-17-5-2-6-18(17)10-22(21)14-23/h7-10H,1-6,11-14H2. The van der Waals surface area contributed by atoms with Gasteiger partial charge in [0, 0.05) is 0 Å². The van der Waals surface area contributed by atoms with Crippen LogP contribution >= 0.6 is 0 Å². The molecule has 0 bridgehead atoms. The molecule has 0 saturated heterocycles. The Morgan fingerprint density at radius 2 is 0.739 bits per heavy atom. The van der Waals surface area contributed by atoms with Crippen molar-refractivity contribution in [1.82, 2.24) is 0 Å². The topological polar surface area (TPSA) is 0 Å². The lowest BCUT2D eigenvalue weighted by molar-refractivity contribution is 0.326. The number of hydrogen-bond donors (Lipinski definition) is 0. The lowest BCUT2D eigenvalue weighted by Gasteiger charge is -2.22. The van der Waals surface area contributed by atoms with Gasteiger partial charge in [0.25, 0.3) is 0 Å². The fourth-order valence-corrected chi connectivity index (χ4v) is 6.10. The number of benzene rings is 2. The van der Waals surface area contributed by atoms with E-state index in [1.54, 1.807) is 44.5 Å². The molecule has 0 nitrogen and oxygen atoms in total. The Kier molecular flexibility index (Phi) is 2.39. The molecule has 6 rings (SSSR count). The summed E-state index contributed by atoms with van der Waals surface area (Å²) in [6, 6.07) is 10.3. The second-order valence-corrected chi connectivity index (χ2v) is 8.69. The van der Waals surface area contributed by atoms with Gasteiger partial charge in [0.05, 0.1) is 0 Å². The Morgan fingerprint density at radius 1 is 0.435 bits per heavy atom. The van der Waals surface area contributed by atoms with Gasteiger partial charge < -0.3 is 0 Å². The minimum absolute atomic E-state index is 0.523. The fourth-order valence-electron chi connectivity index (χ4n) is 6.10. The Morgan fingerprint density at radius 3 is 1.04 bits per heavy atom. The summed E-state index contributed by atoms with van der Waals surface area (Å²) < 4.78 is 0. The van der Waals surface area contributed by atoms with Crippen molar-refractivity contribution in [3.05, 3.63) is 68.8 Å². The van der Waals surface area contributed by atoms with Gasteiger partial charge in [0.15, 0.2) is 0 Å². The molecule has 1 spiro atoms. The number of rotatable bonds is 0. The first-order valence-electron chi connectivity index (χ1n) is 9.55.